The molecule has 0 aliphatic rings. The van der Waals surface area contributed by atoms with E-state index in [1.54, 1.807) is 0 Å². The first-order chi connectivity index (χ1) is 9.06. The van der Waals surface area contributed by atoms with Gasteiger partial charge in [0.2, 0.25) is 0 Å². The Hall–Kier alpha value is -1.10. The Kier molecular flexibility index (Phi) is 6.84. The molecule has 1 aromatic heterocycles. The van der Waals surface area contributed by atoms with Crippen LogP contribution in [0.15, 0.2) is 23.1 Å². The van der Waals surface area contributed by atoms with Crippen LogP contribution < -0.4 is 5.32 Å². The van der Waals surface area contributed by atoms with Crippen LogP contribution in [0.2, 0.25) is 0 Å². The van der Waals surface area contributed by atoms with Gasteiger partial charge in [-0.15, -0.1) is 6.58 Å². The topological polar surface area (TPSA) is 48.6 Å². The average molecular weight is 266 g/mol. The molecule has 0 saturated carbocycles. The van der Waals surface area contributed by atoms with Crippen molar-refractivity contribution in [2.24, 2.45) is 0 Å². The third-order valence-corrected chi connectivity index (χ3v) is 2.96. The van der Waals surface area contributed by atoms with Gasteiger partial charge in [0.25, 0.3) is 0 Å². The Morgan fingerprint density at radius 3 is 2.84 bits per heavy atom. The standard InChI is InChI=1S/C15H26N2O2/c1-5-6-17(7-8-18)11-15-9-14(13(4)19-15)10-16-12(2)3/h5,9,12,16,18H,1,6-8,10-11H2,2-4H3. The molecule has 1 rings (SSSR count). The summed E-state index contributed by atoms with van der Waals surface area (Å²) in [6.07, 6.45) is 1.84. The minimum absolute atomic E-state index is 0.148. The van der Waals surface area contributed by atoms with Gasteiger partial charge in [0, 0.05) is 31.2 Å². The molecule has 1 aromatic rings. The van der Waals surface area contributed by atoms with Crippen molar-refractivity contribution in [2.75, 3.05) is 19.7 Å². The van der Waals surface area contributed by atoms with Crippen molar-refractivity contribution in [3.63, 3.8) is 0 Å². The van der Waals surface area contributed by atoms with Crippen molar-refractivity contribution >= 4 is 0 Å². The number of nitrogens with zero attached hydrogens (tertiary/aromatic N) is 1. The van der Waals surface area contributed by atoms with E-state index in [-0.39, 0.29) is 6.61 Å². The maximum absolute atomic E-state index is 9.03. The quantitative estimate of drug-likeness (QED) is 0.672. The first kappa shape index (κ1) is 16.0. The van der Waals surface area contributed by atoms with Gasteiger partial charge in [-0.05, 0) is 13.0 Å². The van der Waals surface area contributed by atoms with Crippen LogP contribution in [0.4, 0.5) is 0 Å². The molecule has 0 saturated heterocycles. The largest absolute Gasteiger partial charge is 0.465 e. The maximum Gasteiger partial charge on any atom is 0.118 e. The molecule has 0 unspecified atom stereocenters. The predicted molar refractivity (Wildman–Crippen MR) is 78.0 cm³/mol. The van der Waals surface area contributed by atoms with Gasteiger partial charge in [-0.2, -0.15) is 0 Å². The molecule has 0 fully saturated rings. The lowest BCUT2D eigenvalue weighted by Gasteiger charge is -2.17. The lowest BCUT2D eigenvalue weighted by Crippen LogP contribution is -2.26. The fraction of sp³-hybridized carbons (Fsp3) is 0.600. The first-order valence-electron chi connectivity index (χ1n) is 6.82. The van der Waals surface area contributed by atoms with E-state index in [1.807, 2.05) is 13.0 Å². The van der Waals surface area contributed by atoms with Crippen molar-refractivity contribution in [2.45, 2.75) is 39.9 Å². The second kappa shape index (κ2) is 8.15. The van der Waals surface area contributed by atoms with Crippen molar-refractivity contribution in [3.05, 3.63) is 35.8 Å². The molecule has 0 aromatic carbocycles. The summed E-state index contributed by atoms with van der Waals surface area (Å²) in [4.78, 5) is 2.10. The Balaban J connectivity index is 2.62. The molecule has 0 amide bonds. The van der Waals surface area contributed by atoms with Crippen molar-refractivity contribution < 1.29 is 9.52 Å². The number of nitrogens with one attached hydrogen (secondary N) is 1. The van der Waals surface area contributed by atoms with E-state index in [2.05, 4.69) is 36.7 Å². The summed E-state index contributed by atoms with van der Waals surface area (Å²) in [5.41, 5.74) is 1.20. The zero-order chi connectivity index (χ0) is 14.3. The summed E-state index contributed by atoms with van der Waals surface area (Å²) >= 11 is 0. The molecule has 2 N–H and O–H groups in total. The predicted octanol–water partition coefficient (Wildman–Crippen LogP) is 2.07. The number of hydrogen-bond acceptors (Lipinski definition) is 4. The minimum atomic E-state index is 0.148. The highest BCUT2D eigenvalue weighted by Gasteiger charge is 2.11. The van der Waals surface area contributed by atoms with Crippen molar-refractivity contribution in [1.29, 1.82) is 0 Å². The lowest BCUT2D eigenvalue weighted by molar-refractivity contribution is 0.193. The molecule has 0 spiro atoms. The fourth-order valence-corrected chi connectivity index (χ4v) is 1.93. The van der Waals surface area contributed by atoms with Gasteiger partial charge < -0.3 is 14.8 Å². The average Bonchev–Trinajstić information content (AvgIpc) is 2.67. The van der Waals surface area contributed by atoms with Crippen LogP contribution in [0, 0.1) is 6.92 Å². The van der Waals surface area contributed by atoms with Crippen LogP contribution in [0.5, 0.6) is 0 Å². The van der Waals surface area contributed by atoms with Crippen molar-refractivity contribution in [1.82, 2.24) is 10.2 Å². The molecule has 0 aliphatic heterocycles. The third kappa shape index (κ3) is 5.59. The first-order valence-corrected chi connectivity index (χ1v) is 6.82. The van der Waals surface area contributed by atoms with E-state index >= 15 is 0 Å². The van der Waals surface area contributed by atoms with E-state index < -0.39 is 0 Å². The summed E-state index contributed by atoms with van der Waals surface area (Å²) < 4.78 is 5.77. The number of hydrogen-bond donors (Lipinski definition) is 2. The number of furan rings is 1. The summed E-state index contributed by atoms with van der Waals surface area (Å²) in [7, 11) is 0. The second-order valence-corrected chi connectivity index (χ2v) is 5.08. The maximum atomic E-state index is 9.03. The SMILES string of the molecule is C=CCN(CCO)Cc1cc(CNC(C)C)c(C)o1. The summed E-state index contributed by atoms with van der Waals surface area (Å²) in [5, 5.41) is 12.4. The van der Waals surface area contributed by atoms with Crippen molar-refractivity contribution in [3.8, 4) is 0 Å². The van der Waals surface area contributed by atoms with E-state index in [1.165, 1.54) is 5.56 Å². The molecule has 108 valence electrons. The third-order valence-electron chi connectivity index (χ3n) is 2.96. The summed E-state index contributed by atoms with van der Waals surface area (Å²) in [6.45, 7) is 13.0. The monoisotopic (exact) mass is 266 g/mol. The highest BCUT2D eigenvalue weighted by atomic mass is 16.3. The van der Waals surface area contributed by atoms with Gasteiger partial charge >= 0.3 is 0 Å². The smallest absolute Gasteiger partial charge is 0.118 e. The molecule has 4 heteroatoms. The Labute approximate surface area is 116 Å². The molecule has 0 bridgehead atoms. The summed E-state index contributed by atoms with van der Waals surface area (Å²) in [6, 6.07) is 2.56. The molecule has 0 atom stereocenters. The molecular weight excluding hydrogens is 240 g/mol. The Morgan fingerprint density at radius 2 is 2.26 bits per heavy atom. The zero-order valence-corrected chi connectivity index (χ0v) is 12.3. The van der Waals surface area contributed by atoms with Crippen LogP contribution in [-0.4, -0.2) is 35.7 Å². The normalized spacial score (nSPS) is 11.5. The molecular formula is C15H26N2O2. The molecule has 0 aliphatic carbocycles. The van der Waals surface area contributed by atoms with E-state index in [0.717, 1.165) is 24.6 Å². The van der Waals surface area contributed by atoms with Crippen LogP contribution in [-0.2, 0) is 13.1 Å². The van der Waals surface area contributed by atoms with Crippen LogP contribution >= 0.6 is 0 Å². The Bertz CT molecular complexity index is 385. The molecule has 1 heterocycles. The molecule has 4 nitrogen and oxygen atoms in total. The number of aliphatic hydroxyl groups is 1. The van der Waals surface area contributed by atoms with Gasteiger partial charge in [-0.3, -0.25) is 4.90 Å². The summed E-state index contributed by atoms with van der Waals surface area (Å²) in [5.74, 6) is 1.90. The Morgan fingerprint density at radius 1 is 1.53 bits per heavy atom. The number of aryl methyl sites for hydroxylation is 1. The van der Waals surface area contributed by atoms with Gasteiger partial charge in [0.1, 0.15) is 11.5 Å². The van der Waals surface area contributed by atoms with Gasteiger partial charge in [0.05, 0.1) is 13.2 Å². The minimum Gasteiger partial charge on any atom is -0.465 e. The van der Waals surface area contributed by atoms with E-state index in [4.69, 9.17) is 9.52 Å². The van der Waals surface area contributed by atoms with E-state index in [9.17, 15) is 0 Å². The molecule has 0 radical (unpaired) electrons. The van der Waals surface area contributed by atoms with Gasteiger partial charge in [-0.1, -0.05) is 19.9 Å². The fourth-order valence-electron chi connectivity index (χ4n) is 1.93. The van der Waals surface area contributed by atoms with Gasteiger partial charge in [0.15, 0.2) is 0 Å². The lowest BCUT2D eigenvalue weighted by atomic mass is 10.2. The highest BCUT2D eigenvalue weighted by Crippen LogP contribution is 2.16. The van der Waals surface area contributed by atoms with Crippen LogP contribution in [0.1, 0.15) is 30.9 Å². The van der Waals surface area contributed by atoms with E-state index in [0.29, 0.717) is 19.1 Å². The number of rotatable bonds is 9. The zero-order valence-electron chi connectivity index (χ0n) is 12.3. The molecule has 19 heavy (non-hydrogen) atoms. The van der Waals surface area contributed by atoms with Crippen LogP contribution in [0.3, 0.4) is 0 Å². The highest BCUT2D eigenvalue weighted by molar-refractivity contribution is 5.20. The van der Waals surface area contributed by atoms with Gasteiger partial charge in [-0.25, -0.2) is 0 Å². The second-order valence-electron chi connectivity index (χ2n) is 5.08. The van der Waals surface area contributed by atoms with Crippen LogP contribution in [0.25, 0.3) is 0 Å². The number of aliphatic hydroxyl groups excluding tert-OH is 1.